The third-order valence-electron chi connectivity index (χ3n) is 3.04. The van der Waals surface area contributed by atoms with E-state index in [4.69, 9.17) is 4.52 Å². The van der Waals surface area contributed by atoms with Crippen LogP contribution >= 0.6 is 15.9 Å². The van der Waals surface area contributed by atoms with Crippen molar-refractivity contribution < 1.29 is 14.1 Å². The predicted octanol–water partition coefficient (Wildman–Crippen LogP) is 3.05. The van der Waals surface area contributed by atoms with Gasteiger partial charge in [0.15, 0.2) is 5.82 Å². The van der Waals surface area contributed by atoms with Gasteiger partial charge in [0.25, 0.3) is 0 Å². The monoisotopic (exact) mass is 365 g/mol. The SMILES string of the molecule is CC(=O)N(CC(=O)Nc1ccc(Br)cc1C)c1cc(C)on1. The maximum Gasteiger partial charge on any atom is 0.244 e. The van der Waals surface area contributed by atoms with E-state index in [1.807, 2.05) is 19.1 Å². The number of rotatable bonds is 4. The van der Waals surface area contributed by atoms with Gasteiger partial charge in [0.2, 0.25) is 11.8 Å². The number of benzene rings is 1. The van der Waals surface area contributed by atoms with Crippen LogP contribution in [0.4, 0.5) is 11.5 Å². The Bertz CT molecular complexity index is 712. The molecule has 0 atom stereocenters. The van der Waals surface area contributed by atoms with Gasteiger partial charge in [0.1, 0.15) is 12.3 Å². The molecule has 6 nitrogen and oxygen atoms in total. The molecule has 116 valence electrons. The summed E-state index contributed by atoms with van der Waals surface area (Å²) >= 11 is 3.37. The highest BCUT2D eigenvalue weighted by Gasteiger charge is 2.19. The van der Waals surface area contributed by atoms with Crippen LogP contribution in [0.15, 0.2) is 33.3 Å². The van der Waals surface area contributed by atoms with Crippen molar-refractivity contribution in [3.8, 4) is 0 Å². The van der Waals surface area contributed by atoms with Crippen molar-refractivity contribution in [2.75, 3.05) is 16.8 Å². The van der Waals surface area contributed by atoms with E-state index in [9.17, 15) is 9.59 Å². The van der Waals surface area contributed by atoms with Gasteiger partial charge in [-0.15, -0.1) is 0 Å². The van der Waals surface area contributed by atoms with Crippen molar-refractivity contribution in [1.82, 2.24) is 5.16 Å². The number of nitrogens with one attached hydrogen (secondary N) is 1. The number of carbonyl (C=O) groups is 2. The fraction of sp³-hybridized carbons (Fsp3) is 0.267. The van der Waals surface area contributed by atoms with E-state index in [-0.39, 0.29) is 18.4 Å². The Morgan fingerprint density at radius 2 is 2.05 bits per heavy atom. The van der Waals surface area contributed by atoms with Crippen LogP contribution in [-0.2, 0) is 9.59 Å². The molecule has 1 heterocycles. The molecule has 1 aromatic carbocycles. The van der Waals surface area contributed by atoms with Crippen molar-refractivity contribution in [3.63, 3.8) is 0 Å². The Kier molecular flexibility index (Phi) is 4.97. The molecule has 0 radical (unpaired) electrons. The first kappa shape index (κ1) is 16.2. The van der Waals surface area contributed by atoms with Crippen molar-refractivity contribution in [2.24, 2.45) is 0 Å². The quantitative estimate of drug-likeness (QED) is 0.903. The molecule has 0 saturated heterocycles. The number of aryl methyl sites for hydroxylation is 2. The Morgan fingerprint density at radius 1 is 1.32 bits per heavy atom. The molecular formula is C15H16BrN3O3. The van der Waals surface area contributed by atoms with Gasteiger partial charge >= 0.3 is 0 Å². The molecule has 0 fully saturated rings. The summed E-state index contributed by atoms with van der Waals surface area (Å²) < 4.78 is 5.88. The first-order valence-corrected chi connectivity index (χ1v) is 7.43. The van der Waals surface area contributed by atoms with E-state index in [1.54, 1.807) is 19.1 Å². The maximum absolute atomic E-state index is 12.2. The lowest BCUT2D eigenvalue weighted by molar-refractivity contribution is -0.120. The summed E-state index contributed by atoms with van der Waals surface area (Å²) in [4.78, 5) is 25.1. The second-order valence-corrected chi connectivity index (χ2v) is 5.82. The molecule has 0 aliphatic carbocycles. The summed E-state index contributed by atoms with van der Waals surface area (Å²) in [5.74, 6) is 0.315. The van der Waals surface area contributed by atoms with Gasteiger partial charge in [0, 0.05) is 23.2 Å². The number of nitrogens with zero attached hydrogens (tertiary/aromatic N) is 2. The first-order valence-electron chi connectivity index (χ1n) is 6.64. The second kappa shape index (κ2) is 6.74. The number of halogens is 1. The Labute approximate surface area is 136 Å². The number of hydrogen-bond donors (Lipinski definition) is 1. The molecule has 0 aliphatic rings. The van der Waals surface area contributed by atoms with E-state index >= 15 is 0 Å². The first-order chi connectivity index (χ1) is 10.4. The minimum absolute atomic E-state index is 0.128. The van der Waals surface area contributed by atoms with Gasteiger partial charge in [-0.25, -0.2) is 0 Å². The Morgan fingerprint density at radius 3 is 2.59 bits per heavy atom. The van der Waals surface area contributed by atoms with E-state index in [0.717, 1.165) is 10.0 Å². The molecule has 0 spiro atoms. The molecule has 0 unspecified atom stereocenters. The number of aromatic nitrogens is 1. The van der Waals surface area contributed by atoms with Gasteiger partial charge < -0.3 is 9.84 Å². The Balaban J connectivity index is 2.10. The normalized spacial score (nSPS) is 10.4. The molecule has 2 aromatic rings. The van der Waals surface area contributed by atoms with Crippen LogP contribution in [0.3, 0.4) is 0 Å². The lowest BCUT2D eigenvalue weighted by Gasteiger charge is -2.17. The smallest absolute Gasteiger partial charge is 0.244 e. The van der Waals surface area contributed by atoms with Crippen LogP contribution in [0.2, 0.25) is 0 Å². The van der Waals surface area contributed by atoms with Crippen LogP contribution in [-0.4, -0.2) is 23.5 Å². The molecular weight excluding hydrogens is 350 g/mol. The number of anilines is 2. The van der Waals surface area contributed by atoms with E-state index in [0.29, 0.717) is 17.3 Å². The Hall–Kier alpha value is -2.15. The average molecular weight is 366 g/mol. The van der Waals surface area contributed by atoms with Crippen LogP contribution in [0.1, 0.15) is 18.2 Å². The molecule has 0 bridgehead atoms. The number of carbonyl (C=O) groups excluding carboxylic acids is 2. The van der Waals surface area contributed by atoms with Gasteiger partial charge in [-0.05, 0) is 37.6 Å². The minimum Gasteiger partial charge on any atom is -0.360 e. The van der Waals surface area contributed by atoms with Gasteiger partial charge in [-0.1, -0.05) is 21.1 Å². The van der Waals surface area contributed by atoms with Crippen LogP contribution in [0.5, 0.6) is 0 Å². The summed E-state index contributed by atoms with van der Waals surface area (Å²) in [6.07, 6.45) is 0. The summed E-state index contributed by atoms with van der Waals surface area (Å²) in [7, 11) is 0. The fourth-order valence-electron chi connectivity index (χ4n) is 1.93. The molecule has 1 aromatic heterocycles. The summed E-state index contributed by atoms with van der Waals surface area (Å²) in [5, 5.41) is 6.56. The summed E-state index contributed by atoms with van der Waals surface area (Å²) in [6, 6.07) is 7.15. The van der Waals surface area contributed by atoms with Crippen LogP contribution in [0, 0.1) is 13.8 Å². The molecule has 2 rings (SSSR count). The van der Waals surface area contributed by atoms with Crippen molar-refractivity contribution >= 4 is 39.2 Å². The van der Waals surface area contributed by atoms with Crippen molar-refractivity contribution in [2.45, 2.75) is 20.8 Å². The highest BCUT2D eigenvalue weighted by molar-refractivity contribution is 9.10. The van der Waals surface area contributed by atoms with Crippen LogP contribution in [0.25, 0.3) is 0 Å². The molecule has 7 heteroatoms. The highest BCUT2D eigenvalue weighted by Crippen LogP contribution is 2.20. The molecule has 0 aliphatic heterocycles. The second-order valence-electron chi connectivity index (χ2n) is 4.91. The summed E-state index contributed by atoms with van der Waals surface area (Å²) in [6.45, 7) is 4.86. The van der Waals surface area contributed by atoms with Crippen molar-refractivity contribution in [1.29, 1.82) is 0 Å². The number of amides is 2. The average Bonchev–Trinajstić information content (AvgIpc) is 2.85. The molecule has 0 saturated carbocycles. The predicted molar refractivity (Wildman–Crippen MR) is 86.8 cm³/mol. The van der Waals surface area contributed by atoms with Crippen molar-refractivity contribution in [3.05, 3.63) is 40.1 Å². The highest BCUT2D eigenvalue weighted by atomic mass is 79.9. The zero-order valence-corrected chi connectivity index (χ0v) is 14.1. The van der Waals surface area contributed by atoms with Crippen LogP contribution < -0.4 is 10.2 Å². The topological polar surface area (TPSA) is 75.4 Å². The van der Waals surface area contributed by atoms with Gasteiger partial charge in [-0.2, -0.15) is 0 Å². The lowest BCUT2D eigenvalue weighted by Crippen LogP contribution is -2.37. The minimum atomic E-state index is -0.304. The summed E-state index contributed by atoms with van der Waals surface area (Å²) in [5.41, 5.74) is 1.63. The molecule has 1 N–H and O–H groups in total. The standard InChI is InChI=1S/C15H16BrN3O3/c1-9-6-12(16)4-5-13(9)17-15(21)8-19(11(3)20)14-7-10(2)22-18-14/h4-7H,8H2,1-3H3,(H,17,21). The molecule has 22 heavy (non-hydrogen) atoms. The zero-order chi connectivity index (χ0) is 16.3. The molecule has 2 amide bonds. The third kappa shape index (κ3) is 3.94. The van der Waals surface area contributed by atoms with Gasteiger partial charge in [0.05, 0.1) is 0 Å². The van der Waals surface area contributed by atoms with E-state index < -0.39 is 0 Å². The van der Waals surface area contributed by atoms with Gasteiger partial charge in [-0.3, -0.25) is 14.5 Å². The lowest BCUT2D eigenvalue weighted by atomic mass is 10.2. The maximum atomic E-state index is 12.2. The van der Waals surface area contributed by atoms with E-state index in [1.165, 1.54) is 11.8 Å². The number of hydrogen-bond acceptors (Lipinski definition) is 4. The van der Waals surface area contributed by atoms with E-state index in [2.05, 4.69) is 26.4 Å². The zero-order valence-electron chi connectivity index (χ0n) is 12.5. The third-order valence-corrected chi connectivity index (χ3v) is 3.53. The largest absolute Gasteiger partial charge is 0.360 e. The fourth-order valence-corrected chi connectivity index (χ4v) is 2.41.